The molecule has 1 unspecified atom stereocenters. The van der Waals surface area contributed by atoms with Crippen molar-refractivity contribution in [2.24, 2.45) is 5.92 Å². The van der Waals surface area contributed by atoms with Gasteiger partial charge in [-0.15, -0.1) is 0 Å². The quantitative estimate of drug-likeness (QED) is 0.822. The van der Waals surface area contributed by atoms with Crippen LogP contribution in [0.2, 0.25) is 5.02 Å². The molecule has 2 N–H and O–H groups in total. The fourth-order valence-electron chi connectivity index (χ4n) is 3.32. The zero-order valence-corrected chi connectivity index (χ0v) is 14.1. The van der Waals surface area contributed by atoms with Gasteiger partial charge in [-0.1, -0.05) is 36.9 Å². The van der Waals surface area contributed by atoms with Gasteiger partial charge in [0.2, 0.25) is 0 Å². The van der Waals surface area contributed by atoms with Crippen molar-refractivity contribution in [1.29, 1.82) is 0 Å². The van der Waals surface area contributed by atoms with Gasteiger partial charge in [0.25, 0.3) is 11.6 Å². The minimum Gasteiger partial charge on any atom is -0.359 e. The van der Waals surface area contributed by atoms with Gasteiger partial charge in [-0.2, -0.15) is 13.2 Å². The minimum atomic E-state index is -5.04. The maximum Gasteiger partial charge on any atom is 0.442 e. The Labute approximate surface area is 148 Å². The summed E-state index contributed by atoms with van der Waals surface area (Å²) in [5.74, 6) is -1.12. The number of hydrogen-bond acceptors (Lipinski definition) is 3. The molecule has 1 aromatic carbocycles. The van der Waals surface area contributed by atoms with E-state index in [0.717, 1.165) is 38.2 Å². The molecule has 3 rings (SSSR count). The Morgan fingerprint density at radius 2 is 1.96 bits per heavy atom. The molecule has 1 saturated carbocycles. The number of carbonyl (C=O) groups excluding carboxylic acids is 1. The molecule has 1 amide bonds. The van der Waals surface area contributed by atoms with Gasteiger partial charge in [0.15, 0.2) is 0 Å². The Bertz CT molecular complexity index is 701. The van der Waals surface area contributed by atoms with Gasteiger partial charge in [0.05, 0.1) is 0 Å². The number of nitrogens with one attached hydrogen (secondary N) is 1. The van der Waals surface area contributed by atoms with E-state index in [4.69, 9.17) is 11.6 Å². The molecular formula is C17H18ClF3N2O2. The molecule has 25 heavy (non-hydrogen) atoms. The number of hydrazine groups is 1. The van der Waals surface area contributed by atoms with E-state index < -0.39 is 17.8 Å². The number of nitrogens with zero attached hydrogens (tertiary/aromatic N) is 1. The van der Waals surface area contributed by atoms with E-state index in [1.807, 2.05) is 0 Å². The number of hydrogen-bond donors (Lipinski definition) is 2. The summed E-state index contributed by atoms with van der Waals surface area (Å²) in [5, 5.41) is 10.8. The van der Waals surface area contributed by atoms with Crippen molar-refractivity contribution in [2.45, 2.75) is 44.0 Å². The molecule has 0 spiro atoms. The molecule has 1 aliphatic carbocycles. The Kier molecular flexibility index (Phi) is 4.72. The monoisotopic (exact) mass is 374 g/mol. The van der Waals surface area contributed by atoms with Crippen LogP contribution in [0.5, 0.6) is 0 Å². The molecule has 0 aromatic heterocycles. The molecule has 136 valence electrons. The van der Waals surface area contributed by atoms with Crippen LogP contribution in [0.15, 0.2) is 36.0 Å². The summed E-state index contributed by atoms with van der Waals surface area (Å²) < 4.78 is 40.6. The summed E-state index contributed by atoms with van der Waals surface area (Å²) in [6.45, 7) is 0. The molecule has 8 heteroatoms. The van der Waals surface area contributed by atoms with E-state index in [1.165, 1.54) is 24.3 Å². The lowest BCUT2D eigenvalue weighted by Crippen LogP contribution is -2.60. The van der Waals surface area contributed by atoms with Crippen LogP contribution in [0, 0.1) is 5.92 Å². The second-order valence-electron chi connectivity index (χ2n) is 6.42. The van der Waals surface area contributed by atoms with Crippen LogP contribution in [0.25, 0.3) is 0 Å². The molecule has 1 fully saturated rings. The topological polar surface area (TPSA) is 52.6 Å². The highest BCUT2D eigenvalue weighted by Gasteiger charge is 2.62. The third kappa shape index (κ3) is 3.35. The third-order valence-electron chi connectivity index (χ3n) is 4.68. The number of halogens is 4. The smallest absolute Gasteiger partial charge is 0.359 e. The molecule has 1 aliphatic heterocycles. The van der Waals surface area contributed by atoms with Crippen molar-refractivity contribution < 1.29 is 23.1 Å². The number of alkyl halides is 3. The lowest BCUT2D eigenvalue weighted by Gasteiger charge is -2.34. The summed E-state index contributed by atoms with van der Waals surface area (Å²) in [4.78, 5) is 12.6. The first-order chi connectivity index (χ1) is 11.7. The van der Waals surface area contributed by atoms with Crippen molar-refractivity contribution in [3.8, 4) is 0 Å². The summed E-state index contributed by atoms with van der Waals surface area (Å²) >= 11 is 5.82. The number of allylic oxidation sites excluding steroid dienone is 1. The third-order valence-corrected chi connectivity index (χ3v) is 4.91. The first-order valence-corrected chi connectivity index (χ1v) is 8.49. The van der Waals surface area contributed by atoms with Crippen LogP contribution in [0.1, 0.15) is 42.5 Å². The van der Waals surface area contributed by atoms with Crippen LogP contribution < -0.4 is 5.43 Å². The fraction of sp³-hybridized carbons (Fsp3) is 0.471. The second-order valence-corrected chi connectivity index (χ2v) is 6.86. The number of aliphatic hydroxyl groups is 1. The molecule has 2 aliphatic rings. The number of carbonyl (C=O) groups is 1. The number of amides is 1. The molecular weight excluding hydrogens is 357 g/mol. The normalized spacial score (nSPS) is 24.8. The average Bonchev–Trinajstić information content (AvgIpc) is 2.94. The standard InChI is InChI=1S/C17H18ClF3N2O2/c18-13-8-4-7-12(9-13)15(24)23-16(25,17(19,20)21)10-14(22-23)11-5-2-1-3-6-11/h4,7-11,22,25H,1-3,5-6H2. The highest BCUT2D eigenvalue weighted by atomic mass is 35.5. The lowest BCUT2D eigenvalue weighted by molar-refractivity contribution is -0.283. The van der Waals surface area contributed by atoms with Gasteiger partial charge >= 0.3 is 6.18 Å². The highest BCUT2D eigenvalue weighted by molar-refractivity contribution is 6.30. The lowest BCUT2D eigenvalue weighted by atomic mass is 9.86. The fourth-order valence-corrected chi connectivity index (χ4v) is 3.51. The average molecular weight is 375 g/mol. The summed E-state index contributed by atoms with van der Waals surface area (Å²) in [7, 11) is 0. The van der Waals surface area contributed by atoms with Crippen LogP contribution in [-0.2, 0) is 0 Å². The van der Waals surface area contributed by atoms with E-state index in [-0.39, 0.29) is 27.2 Å². The Hall–Kier alpha value is -1.73. The molecule has 1 atom stereocenters. The zero-order valence-electron chi connectivity index (χ0n) is 13.3. The van der Waals surface area contributed by atoms with Gasteiger partial charge in [-0.3, -0.25) is 10.2 Å². The van der Waals surface area contributed by atoms with E-state index in [9.17, 15) is 23.1 Å². The van der Waals surface area contributed by atoms with Gasteiger partial charge in [-0.05, 0) is 31.0 Å². The Morgan fingerprint density at radius 3 is 2.56 bits per heavy atom. The van der Waals surface area contributed by atoms with Crippen LogP contribution in [0.4, 0.5) is 13.2 Å². The van der Waals surface area contributed by atoms with Gasteiger partial charge in [-0.25, -0.2) is 5.01 Å². The molecule has 1 aromatic rings. The maximum atomic E-state index is 13.5. The first-order valence-electron chi connectivity index (χ1n) is 8.11. The highest BCUT2D eigenvalue weighted by Crippen LogP contribution is 2.42. The second kappa shape index (κ2) is 6.53. The number of benzene rings is 1. The van der Waals surface area contributed by atoms with E-state index >= 15 is 0 Å². The van der Waals surface area contributed by atoms with Gasteiger partial charge in [0.1, 0.15) is 0 Å². The van der Waals surface area contributed by atoms with Gasteiger partial charge < -0.3 is 5.11 Å². The summed E-state index contributed by atoms with van der Waals surface area (Å²) in [6, 6.07) is 5.59. The number of rotatable bonds is 2. The van der Waals surface area contributed by atoms with Crippen molar-refractivity contribution >= 4 is 17.5 Å². The molecule has 4 nitrogen and oxygen atoms in total. The Balaban J connectivity index is 1.94. The van der Waals surface area contributed by atoms with Crippen LogP contribution in [-0.4, -0.2) is 27.9 Å². The van der Waals surface area contributed by atoms with Crippen LogP contribution >= 0.6 is 11.6 Å². The minimum absolute atomic E-state index is 0.0408. The Morgan fingerprint density at radius 1 is 1.28 bits per heavy atom. The largest absolute Gasteiger partial charge is 0.442 e. The van der Waals surface area contributed by atoms with E-state index in [0.29, 0.717) is 0 Å². The summed E-state index contributed by atoms with van der Waals surface area (Å²) in [5.41, 5.74) is -0.678. The zero-order chi connectivity index (χ0) is 18.2. The van der Waals surface area contributed by atoms with Crippen molar-refractivity contribution in [2.75, 3.05) is 0 Å². The van der Waals surface area contributed by atoms with Crippen LogP contribution in [0.3, 0.4) is 0 Å². The molecule has 0 saturated heterocycles. The SMILES string of the molecule is O=C(c1cccc(Cl)c1)N1NC(C2CCCCC2)=CC1(O)C(F)(F)F. The van der Waals surface area contributed by atoms with Crippen molar-refractivity contribution in [3.05, 3.63) is 46.6 Å². The van der Waals surface area contributed by atoms with Crippen molar-refractivity contribution in [3.63, 3.8) is 0 Å². The van der Waals surface area contributed by atoms with E-state index in [1.54, 1.807) is 0 Å². The van der Waals surface area contributed by atoms with Crippen molar-refractivity contribution in [1.82, 2.24) is 10.4 Å². The van der Waals surface area contributed by atoms with E-state index in [2.05, 4.69) is 5.43 Å². The van der Waals surface area contributed by atoms with Gasteiger partial charge in [0, 0.05) is 28.3 Å². The predicted octanol–water partition coefficient (Wildman–Crippen LogP) is 4.02. The summed E-state index contributed by atoms with van der Waals surface area (Å²) in [6.07, 6.45) is 0.0131. The first kappa shape index (κ1) is 18.1. The maximum absolute atomic E-state index is 13.5. The molecule has 0 bridgehead atoms. The molecule has 0 radical (unpaired) electrons. The molecule has 1 heterocycles. The predicted molar refractivity (Wildman–Crippen MR) is 86.4 cm³/mol.